The molecule has 0 amide bonds. The Labute approximate surface area is 180 Å². The standard InChI is InChI=1S/C20H20BrF2N5O2/c1-11-16(8-24-17(25-11)9-27(3)4)28-12(2)26-19(18(21)20(28)29)30-10-13-5-6-14(22)7-15(13)23/h5-8H,9-10H2,1-4H3. The van der Waals surface area contributed by atoms with Gasteiger partial charge in [-0.25, -0.2) is 18.7 Å². The van der Waals surface area contributed by atoms with Crippen LogP contribution in [0.3, 0.4) is 0 Å². The van der Waals surface area contributed by atoms with Crippen LogP contribution in [-0.2, 0) is 13.2 Å². The maximum Gasteiger partial charge on any atom is 0.276 e. The summed E-state index contributed by atoms with van der Waals surface area (Å²) in [7, 11) is 3.83. The smallest absolute Gasteiger partial charge is 0.276 e. The van der Waals surface area contributed by atoms with Gasteiger partial charge in [0, 0.05) is 11.6 Å². The molecule has 0 bridgehead atoms. The highest BCUT2D eigenvalue weighted by molar-refractivity contribution is 9.10. The molecule has 2 heterocycles. The molecule has 0 saturated heterocycles. The zero-order chi connectivity index (χ0) is 22.0. The molecule has 0 unspecified atom stereocenters. The molecule has 0 aliphatic rings. The fraction of sp³-hybridized carbons (Fsp3) is 0.300. The summed E-state index contributed by atoms with van der Waals surface area (Å²) in [5, 5.41) is 0. The maximum atomic E-state index is 13.8. The van der Waals surface area contributed by atoms with Crippen LogP contribution in [0.15, 0.2) is 33.7 Å². The van der Waals surface area contributed by atoms with E-state index in [0.717, 1.165) is 12.1 Å². The van der Waals surface area contributed by atoms with Gasteiger partial charge in [-0.15, -0.1) is 0 Å². The van der Waals surface area contributed by atoms with Crippen LogP contribution in [0.2, 0.25) is 0 Å². The number of hydrogen-bond donors (Lipinski definition) is 0. The van der Waals surface area contributed by atoms with Crippen LogP contribution < -0.4 is 10.3 Å². The first kappa shape index (κ1) is 22.0. The number of nitrogens with zero attached hydrogens (tertiary/aromatic N) is 5. The number of halogens is 3. The minimum absolute atomic E-state index is 0.0141. The highest BCUT2D eigenvalue weighted by Gasteiger charge is 2.18. The van der Waals surface area contributed by atoms with Crippen molar-refractivity contribution in [1.29, 1.82) is 0 Å². The normalized spacial score (nSPS) is 11.2. The third-order valence-electron chi connectivity index (χ3n) is 4.25. The summed E-state index contributed by atoms with van der Waals surface area (Å²) in [6, 6.07) is 3.19. The fourth-order valence-electron chi connectivity index (χ4n) is 2.83. The molecule has 3 aromatic rings. The molecular weight excluding hydrogens is 460 g/mol. The summed E-state index contributed by atoms with van der Waals surface area (Å²) in [5.74, 6) is -0.407. The monoisotopic (exact) mass is 479 g/mol. The van der Waals surface area contributed by atoms with Gasteiger partial charge in [0.15, 0.2) is 0 Å². The van der Waals surface area contributed by atoms with E-state index in [-0.39, 0.29) is 22.5 Å². The summed E-state index contributed by atoms with van der Waals surface area (Å²) >= 11 is 3.22. The Morgan fingerprint density at radius 2 is 1.93 bits per heavy atom. The van der Waals surface area contributed by atoms with Gasteiger partial charge < -0.3 is 9.64 Å². The second-order valence-corrected chi connectivity index (χ2v) is 7.73. The minimum atomic E-state index is -0.734. The third kappa shape index (κ3) is 4.71. The molecule has 2 aromatic heterocycles. The average molecular weight is 480 g/mol. The number of aromatic nitrogens is 4. The molecule has 0 aliphatic carbocycles. The molecule has 30 heavy (non-hydrogen) atoms. The Morgan fingerprint density at radius 1 is 1.20 bits per heavy atom. The van der Waals surface area contributed by atoms with Crippen molar-refractivity contribution in [2.24, 2.45) is 0 Å². The zero-order valence-corrected chi connectivity index (χ0v) is 18.5. The number of ether oxygens (including phenoxy) is 1. The summed E-state index contributed by atoms with van der Waals surface area (Å²) in [6.07, 6.45) is 1.58. The van der Waals surface area contributed by atoms with Gasteiger partial charge in [0.2, 0.25) is 5.88 Å². The molecule has 7 nitrogen and oxygen atoms in total. The molecule has 0 spiro atoms. The van der Waals surface area contributed by atoms with Gasteiger partial charge in [0.25, 0.3) is 5.56 Å². The zero-order valence-electron chi connectivity index (χ0n) is 16.9. The van der Waals surface area contributed by atoms with E-state index in [4.69, 9.17) is 4.74 Å². The molecule has 1 aromatic carbocycles. The molecular formula is C20H20BrF2N5O2. The van der Waals surface area contributed by atoms with Crippen molar-refractivity contribution >= 4 is 15.9 Å². The number of benzene rings is 1. The molecule has 3 rings (SSSR count). The quantitative estimate of drug-likeness (QED) is 0.539. The van der Waals surface area contributed by atoms with E-state index in [2.05, 4.69) is 30.9 Å². The number of aryl methyl sites for hydroxylation is 2. The lowest BCUT2D eigenvalue weighted by Crippen LogP contribution is -2.25. The first-order valence-corrected chi connectivity index (χ1v) is 9.80. The summed E-state index contributed by atoms with van der Waals surface area (Å²) in [5.41, 5.74) is 0.865. The van der Waals surface area contributed by atoms with Crippen molar-refractivity contribution < 1.29 is 13.5 Å². The topological polar surface area (TPSA) is 73.1 Å². The van der Waals surface area contributed by atoms with Crippen molar-refractivity contribution in [3.05, 3.63) is 73.8 Å². The largest absolute Gasteiger partial charge is 0.472 e. The molecule has 0 saturated carbocycles. The molecule has 0 N–H and O–H groups in total. The van der Waals surface area contributed by atoms with E-state index in [1.807, 2.05) is 19.0 Å². The second-order valence-electron chi connectivity index (χ2n) is 6.94. The van der Waals surface area contributed by atoms with Gasteiger partial charge in [-0.2, -0.15) is 4.98 Å². The van der Waals surface area contributed by atoms with E-state index in [1.54, 1.807) is 20.0 Å². The Bertz CT molecular complexity index is 1150. The van der Waals surface area contributed by atoms with Crippen LogP contribution in [0.4, 0.5) is 8.78 Å². The van der Waals surface area contributed by atoms with Crippen LogP contribution in [0.1, 0.15) is 22.9 Å². The van der Waals surface area contributed by atoms with Gasteiger partial charge in [0.05, 0.1) is 24.1 Å². The van der Waals surface area contributed by atoms with E-state index in [1.165, 1.54) is 10.6 Å². The van der Waals surface area contributed by atoms with E-state index >= 15 is 0 Å². The van der Waals surface area contributed by atoms with Crippen molar-refractivity contribution in [2.45, 2.75) is 27.0 Å². The summed E-state index contributed by atoms with van der Waals surface area (Å²) in [4.78, 5) is 28.0. The van der Waals surface area contributed by atoms with Crippen molar-refractivity contribution in [3.63, 3.8) is 0 Å². The van der Waals surface area contributed by atoms with Gasteiger partial charge in [-0.05, 0) is 56.0 Å². The van der Waals surface area contributed by atoms with E-state index in [0.29, 0.717) is 29.6 Å². The predicted molar refractivity (Wildman–Crippen MR) is 111 cm³/mol. The van der Waals surface area contributed by atoms with Crippen LogP contribution >= 0.6 is 15.9 Å². The predicted octanol–water partition coefficient (Wildman–Crippen LogP) is 3.32. The Morgan fingerprint density at radius 3 is 2.57 bits per heavy atom. The van der Waals surface area contributed by atoms with Gasteiger partial charge in [0.1, 0.15) is 34.4 Å². The maximum absolute atomic E-state index is 13.8. The molecule has 10 heteroatoms. The molecule has 0 fully saturated rings. The third-order valence-corrected chi connectivity index (χ3v) is 4.93. The van der Waals surface area contributed by atoms with Crippen molar-refractivity contribution in [2.75, 3.05) is 14.1 Å². The van der Waals surface area contributed by atoms with Crippen LogP contribution in [-0.4, -0.2) is 38.5 Å². The molecule has 158 valence electrons. The lowest BCUT2D eigenvalue weighted by Gasteiger charge is -2.15. The second kappa shape index (κ2) is 8.97. The Hall–Kier alpha value is -2.72. The highest BCUT2D eigenvalue weighted by Crippen LogP contribution is 2.23. The lowest BCUT2D eigenvalue weighted by atomic mass is 10.2. The molecule has 0 atom stereocenters. The minimum Gasteiger partial charge on any atom is -0.472 e. The Balaban J connectivity index is 1.92. The van der Waals surface area contributed by atoms with Gasteiger partial charge in [-0.1, -0.05) is 0 Å². The van der Waals surface area contributed by atoms with E-state index < -0.39 is 17.2 Å². The molecule has 0 aliphatic heterocycles. The summed E-state index contributed by atoms with van der Waals surface area (Å²) < 4.78 is 33.8. The average Bonchev–Trinajstić information content (AvgIpc) is 2.66. The highest BCUT2D eigenvalue weighted by atomic mass is 79.9. The Kier molecular flexibility index (Phi) is 6.57. The summed E-state index contributed by atoms with van der Waals surface area (Å²) in [6.45, 7) is 3.80. The van der Waals surface area contributed by atoms with Crippen LogP contribution in [0.5, 0.6) is 5.88 Å². The number of rotatable bonds is 6. The number of hydrogen-bond acceptors (Lipinski definition) is 6. The first-order chi connectivity index (χ1) is 14.2. The van der Waals surface area contributed by atoms with Gasteiger partial charge >= 0.3 is 0 Å². The fourth-order valence-corrected chi connectivity index (χ4v) is 3.21. The van der Waals surface area contributed by atoms with Crippen molar-refractivity contribution in [3.8, 4) is 11.6 Å². The molecule has 0 radical (unpaired) electrons. The van der Waals surface area contributed by atoms with Gasteiger partial charge in [-0.3, -0.25) is 9.36 Å². The van der Waals surface area contributed by atoms with Crippen molar-refractivity contribution in [1.82, 2.24) is 24.4 Å². The SMILES string of the molecule is Cc1nc(CN(C)C)ncc1-n1c(C)nc(OCc2ccc(F)cc2F)c(Br)c1=O. The first-order valence-electron chi connectivity index (χ1n) is 9.01. The lowest BCUT2D eigenvalue weighted by molar-refractivity contribution is 0.283. The van der Waals surface area contributed by atoms with Crippen LogP contribution in [0.25, 0.3) is 5.69 Å². The van der Waals surface area contributed by atoms with Crippen LogP contribution in [0, 0.1) is 25.5 Å². The van der Waals surface area contributed by atoms with E-state index in [9.17, 15) is 13.6 Å².